The van der Waals surface area contributed by atoms with E-state index in [-0.39, 0.29) is 0 Å². The maximum absolute atomic E-state index is 3.66. The number of allylic oxidation sites excluding steroid dienone is 1. The van der Waals surface area contributed by atoms with Crippen LogP contribution >= 0.6 is 0 Å². The molecule has 0 bridgehead atoms. The molecule has 0 radical (unpaired) electrons. The van der Waals surface area contributed by atoms with Crippen molar-refractivity contribution in [1.29, 1.82) is 0 Å². The maximum atomic E-state index is 3.66. The molecule has 0 fully saturated rings. The van der Waals surface area contributed by atoms with Gasteiger partial charge in [-0.3, -0.25) is 0 Å². The van der Waals surface area contributed by atoms with Crippen LogP contribution in [-0.4, -0.2) is 6.54 Å². The number of rotatable bonds is 6. The van der Waals surface area contributed by atoms with Crippen molar-refractivity contribution >= 4 is 0 Å². The minimum atomic E-state index is 0.977. The van der Waals surface area contributed by atoms with Crippen LogP contribution in [0.1, 0.15) is 39.0 Å². The molecule has 0 aromatic rings. The minimum Gasteiger partial charge on any atom is -0.346 e. The van der Waals surface area contributed by atoms with Crippen molar-refractivity contribution in [3.63, 3.8) is 0 Å². The minimum absolute atomic E-state index is 0.977. The predicted octanol–water partition coefficient (Wildman–Crippen LogP) is 2.69. The molecule has 0 spiro atoms. The standard InChI is InChI=1S/C11H19N/c1-3-5-7-8-9-11-12-10-6-4-2/h3,12H,1,4-8,10H2,2H3. The molecule has 0 aliphatic heterocycles. The first-order chi connectivity index (χ1) is 5.91. The largest absolute Gasteiger partial charge is 0.346 e. The summed E-state index contributed by atoms with van der Waals surface area (Å²) >= 11 is 0. The molecule has 12 heavy (non-hydrogen) atoms. The van der Waals surface area contributed by atoms with E-state index >= 15 is 0 Å². The summed E-state index contributed by atoms with van der Waals surface area (Å²) < 4.78 is 0. The van der Waals surface area contributed by atoms with E-state index in [9.17, 15) is 0 Å². The second-order valence-corrected chi connectivity index (χ2v) is 2.76. The lowest BCUT2D eigenvalue weighted by atomic mass is 10.2. The van der Waals surface area contributed by atoms with Crippen LogP contribution in [0.3, 0.4) is 0 Å². The van der Waals surface area contributed by atoms with Crippen LogP contribution < -0.4 is 5.32 Å². The lowest BCUT2D eigenvalue weighted by Crippen LogP contribution is -2.06. The Bertz CT molecular complexity index is 150. The number of nitrogens with one attached hydrogen (secondary N) is 1. The van der Waals surface area contributed by atoms with Gasteiger partial charge in [-0.25, -0.2) is 0 Å². The van der Waals surface area contributed by atoms with Gasteiger partial charge >= 0.3 is 0 Å². The van der Waals surface area contributed by atoms with E-state index < -0.39 is 0 Å². The summed E-state index contributed by atoms with van der Waals surface area (Å²) in [4.78, 5) is 0. The molecule has 1 N–H and O–H groups in total. The van der Waals surface area contributed by atoms with Gasteiger partial charge in [-0.15, -0.1) is 6.58 Å². The Labute approximate surface area is 76.2 Å². The summed E-state index contributed by atoms with van der Waals surface area (Å²) in [5, 5.41) is 3.08. The maximum Gasteiger partial charge on any atom is 0.0229 e. The molecule has 0 saturated heterocycles. The highest BCUT2D eigenvalue weighted by Crippen LogP contribution is 1.92. The van der Waals surface area contributed by atoms with Crippen molar-refractivity contribution in [2.75, 3.05) is 6.54 Å². The monoisotopic (exact) mass is 165 g/mol. The first-order valence-electron chi connectivity index (χ1n) is 4.73. The average Bonchev–Trinajstić information content (AvgIpc) is 2.10. The Kier molecular flexibility index (Phi) is 9.34. The van der Waals surface area contributed by atoms with Gasteiger partial charge in [-0.2, -0.15) is 0 Å². The van der Waals surface area contributed by atoms with Crippen LogP contribution in [0.2, 0.25) is 0 Å². The molecule has 0 heterocycles. The summed E-state index contributed by atoms with van der Waals surface area (Å²) in [5.74, 6) is 3.07. The highest BCUT2D eigenvalue weighted by atomic mass is 14.8. The van der Waals surface area contributed by atoms with Crippen LogP contribution in [0, 0.1) is 12.0 Å². The highest BCUT2D eigenvalue weighted by molar-refractivity contribution is 4.96. The fourth-order valence-corrected chi connectivity index (χ4v) is 0.787. The third-order valence-electron chi connectivity index (χ3n) is 1.54. The fourth-order valence-electron chi connectivity index (χ4n) is 0.787. The van der Waals surface area contributed by atoms with Gasteiger partial charge in [-0.1, -0.05) is 25.3 Å². The lowest BCUT2D eigenvalue weighted by molar-refractivity contribution is 0.746. The van der Waals surface area contributed by atoms with Crippen LogP contribution in [0.5, 0.6) is 0 Å². The molecule has 0 rings (SSSR count). The fraction of sp³-hybridized carbons (Fsp3) is 0.636. The molecule has 0 unspecified atom stereocenters. The SMILES string of the molecule is C=CCCCC#CNCCCC. The Morgan fingerprint density at radius 3 is 2.92 bits per heavy atom. The van der Waals surface area contributed by atoms with Gasteiger partial charge in [0.1, 0.15) is 0 Å². The molecular formula is C11H19N. The highest BCUT2D eigenvalue weighted by Gasteiger charge is 1.79. The molecule has 68 valence electrons. The summed E-state index contributed by atoms with van der Waals surface area (Å²) in [7, 11) is 0. The second kappa shape index (κ2) is 10.1. The first-order valence-corrected chi connectivity index (χ1v) is 4.73. The summed E-state index contributed by atoms with van der Waals surface area (Å²) in [6.45, 7) is 6.85. The summed E-state index contributed by atoms with van der Waals surface area (Å²) in [5.41, 5.74) is 0. The molecular weight excluding hydrogens is 146 g/mol. The number of unbranched alkanes of at least 4 members (excludes halogenated alkanes) is 3. The van der Waals surface area contributed by atoms with Gasteiger partial charge < -0.3 is 5.32 Å². The first kappa shape index (κ1) is 11.1. The lowest BCUT2D eigenvalue weighted by Gasteiger charge is -1.93. The molecule has 0 atom stereocenters. The average molecular weight is 165 g/mol. The molecule has 0 aliphatic rings. The summed E-state index contributed by atoms with van der Waals surface area (Å²) in [6, 6.07) is 2.94. The smallest absolute Gasteiger partial charge is 0.0229 e. The van der Waals surface area contributed by atoms with Crippen molar-refractivity contribution in [1.82, 2.24) is 5.32 Å². The van der Waals surface area contributed by atoms with E-state index in [2.05, 4.69) is 30.8 Å². The predicted molar refractivity (Wildman–Crippen MR) is 54.7 cm³/mol. The zero-order chi connectivity index (χ0) is 9.07. The Hall–Kier alpha value is -0.900. The van der Waals surface area contributed by atoms with Crippen LogP contribution in [0.25, 0.3) is 0 Å². The van der Waals surface area contributed by atoms with E-state index in [1.807, 2.05) is 6.08 Å². The molecule has 0 aliphatic carbocycles. The van der Waals surface area contributed by atoms with Crippen molar-refractivity contribution in [3.8, 4) is 12.0 Å². The second-order valence-electron chi connectivity index (χ2n) is 2.76. The molecule has 0 aromatic heterocycles. The van der Waals surface area contributed by atoms with Crippen molar-refractivity contribution in [2.24, 2.45) is 0 Å². The van der Waals surface area contributed by atoms with Crippen LogP contribution in [-0.2, 0) is 0 Å². The zero-order valence-electron chi connectivity index (χ0n) is 8.03. The molecule has 1 heteroatoms. The zero-order valence-corrected chi connectivity index (χ0v) is 8.03. The van der Waals surface area contributed by atoms with Gasteiger partial charge in [0, 0.05) is 19.0 Å². The van der Waals surface area contributed by atoms with E-state index in [0.717, 1.165) is 25.8 Å². The van der Waals surface area contributed by atoms with Crippen LogP contribution in [0.15, 0.2) is 12.7 Å². The number of hydrogen-bond donors (Lipinski definition) is 1. The Morgan fingerprint density at radius 2 is 2.25 bits per heavy atom. The van der Waals surface area contributed by atoms with Crippen molar-refractivity contribution in [3.05, 3.63) is 12.7 Å². The third kappa shape index (κ3) is 9.10. The van der Waals surface area contributed by atoms with Gasteiger partial charge in [0.2, 0.25) is 0 Å². The molecule has 1 nitrogen and oxygen atoms in total. The van der Waals surface area contributed by atoms with E-state index in [1.165, 1.54) is 12.8 Å². The van der Waals surface area contributed by atoms with E-state index in [0.29, 0.717) is 0 Å². The van der Waals surface area contributed by atoms with Gasteiger partial charge in [0.15, 0.2) is 0 Å². The quantitative estimate of drug-likeness (QED) is 0.276. The molecule has 0 amide bonds. The van der Waals surface area contributed by atoms with Crippen LogP contribution in [0.4, 0.5) is 0 Å². The van der Waals surface area contributed by atoms with E-state index in [1.54, 1.807) is 0 Å². The number of hydrogen-bond acceptors (Lipinski definition) is 1. The van der Waals surface area contributed by atoms with Gasteiger partial charge in [0.25, 0.3) is 0 Å². The molecule has 0 aromatic carbocycles. The van der Waals surface area contributed by atoms with E-state index in [4.69, 9.17) is 0 Å². The van der Waals surface area contributed by atoms with Crippen molar-refractivity contribution < 1.29 is 0 Å². The third-order valence-corrected chi connectivity index (χ3v) is 1.54. The van der Waals surface area contributed by atoms with Crippen molar-refractivity contribution in [2.45, 2.75) is 39.0 Å². The Balaban J connectivity index is 3.06. The topological polar surface area (TPSA) is 12.0 Å². The summed E-state index contributed by atoms with van der Waals surface area (Å²) in [6.07, 6.45) is 7.55. The molecule has 0 saturated carbocycles. The Morgan fingerprint density at radius 1 is 1.42 bits per heavy atom. The normalized spacial score (nSPS) is 8.42. The van der Waals surface area contributed by atoms with Gasteiger partial charge in [-0.05, 0) is 19.3 Å². The van der Waals surface area contributed by atoms with Gasteiger partial charge in [0.05, 0.1) is 0 Å².